The van der Waals surface area contributed by atoms with Gasteiger partial charge in [0.15, 0.2) is 5.78 Å². The molecule has 5 heteroatoms. The normalized spacial score (nSPS) is 11.8. The number of fused-ring (bicyclic) bond motifs is 1. The summed E-state index contributed by atoms with van der Waals surface area (Å²) in [5.41, 5.74) is 3.22. The Balaban J connectivity index is 1.74. The first-order chi connectivity index (χ1) is 14.7. The second-order valence-corrected chi connectivity index (χ2v) is 6.93. The number of para-hydroxylation sites is 1. The molecule has 0 radical (unpaired) electrons. The zero-order valence-corrected chi connectivity index (χ0v) is 17.0. The minimum Gasteiger partial charge on any atom is -0.497 e. The van der Waals surface area contributed by atoms with E-state index in [9.17, 15) is 4.79 Å². The molecule has 0 fully saturated rings. The Kier molecular flexibility index (Phi) is 5.70. The molecule has 30 heavy (non-hydrogen) atoms. The molecule has 1 unspecified atom stereocenters. The number of nitrogens with one attached hydrogen (secondary N) is 2. The molecule has 0 saturated carbocycles. The molecule has 2 N–H and O–H groups in total. The molecule has 1 atom stereocenters. The van der Waals surface area contributed by atoms with Gasteiger partial charge < -0.3 is 19.8 Å². The van der Waals surface area contributed by atoms with Crippen molar-refractivity contribution in [3.05, 3.63) is 90.1 Å². The Labute approximate surface area is 175 Å². The van der Waals surface area contributed by atoms with Crippen molar-refractivity contribution in [3.63, 3.8) is 0 Å². The monoisotopic (exact) mass is 400 g/mol. The molecule has 0 aliphatic carbocycles. The fourth-order valence-electron chi connectivity index (χ4n) is 3.57. The van der Waals surface area contributed by atoms with Gasteiger partial charge in [-0.05, 0) is 18.6 Å². The van der Waals surface area contributed by atoms with E-state index in [2.05, 4.69) is 10.3 Å². The predicted octanol–water partition coefficient (Wildman–Crippen LogP) is 5.61. The lowest BCUT2D eigenvalue weighted by molar-refractivity contribution is 0.0971. The van der Waals surface area contributed by atoms with Crippen molar-refractivity contribution in [2.24, 2.45) is 0 Å². The van der Waals surface area contributed by atoms with Crippen molar-refractivity contribution in [2.75, 3.05) is 19.0 Å². The lowest BCUT2D eigenvalue weighted by Gasteiger charge is -2.20. The van der Waals surface area contributed by atoms with Gasteiger partial charge in [-0.1, -0.05) is 48.5 Å². The largest absolute Gasteiger partial charge is 0.497 e. The van der Waals surface area contributed by atoms with E-state index in [1.165, 1.54) is 0 Å². The van der Waals surface area contributed by atoms with Crippen LogP contribution in [0.4, 0.5) is 5.69 Å². The summed E-state index contributed by atoms with van der Waals surface area (Å²) >= 11 is 0. The Morgan fingerprint density at radius 3 is 2.50 bits per heavy atom. The highest BCUT2D eigenvalue weighted by Gasteiger charge is 2.24. The van der Waals surface area contributed by atoms with Crippen molar-refractivity contribution in [3.8, 4) is 11.5 Å². The predicted molar refractivity (Wildman–Crippen MR) is 120 cm³/mol. The molecule has 0 bridgehead atoms. The molecule has 0 spiro atoms. The third kappa shape index (κ3) is 4.01. The van der Waals surface area contributed by atoms with Gasteiger partial charge in [-0.3, -0.25) is 4.79 Å². The van der Waals surface area contributed by atoms with Crippen LogP contribution >= 0.6 is 0 Å². The lowest BCUT2D eigenvalue weighted by Crippen LogP contribution is -2.21. The van der Waals surface area contributed by atoms with Gasteiger partial charge in [0.25, 0.3) is 0 Å². The first-order valence-corrected chi connectivity index (χ1v) is 9.93. The summed E-state index contributed by atoms with van der Waals surface area (Å²) in [5.74, 6) is 1.33. The van der Waals surface area contributed by atoms with E-state index in [1.807, 2.05) is 79.7 Å². The standard InChI is InChI=1S/C25H24N2O3/c1-3-30-20-14-18(13-19(15-20)29-2)27-24(17-9-5-4-6-10-17)25(28)22-16-26-23-12-8-7-11-21(22)23/h4-16,24,26-27H,3H2,1-2H3. The maximum Gasteiger partial charge on any atom is 0.191 e. The molecule has 0 aliphatic heterocycles. The second-order valence-electron chi connectivity index (χ2n) is 6.93. The van der Waals surface area contributed by atoms with Crippen LogP contribution in [0.3, 0.4) is 0 Å². The number of ketones is 1. The maximum atomic E-state index is 13.6. The van der Waals surface area contributed by atoms with Crippen molar-refractivity contribution in [2.45, 2.75) is 13.0 Å². The highest BCUT2D eigenvalue weighted by atomic mass is 16.5. The van der Waals surface area contributed by atoms with Crippen molar-refractivity contribution < 1.29 is 14.3 Å². The second kappa shape index (κ2) is 8.74. The summed E-state index contributed by atoms with van der Waals surface area (Å²) in [6, 6.07) is 22.5. The summed E-state index contributed by atoms with van der Waals surface area (Å²) in [6.07, 6.45) is 1.78. The number of hydrogen-bond donors (Lipinski definition) is 2. The van der Waals surface area contributed by atoms with E-state index in [0.717, 1.165) is 22.2 Å². The number of aromatic nitrogens is 1. The van der Waals surface area contributed by atoms with Crippen LogP contribution in [0.5, 0.6) is 11.5 Å². The average Bonchev–Trinajstić information content (AvgIpc) is 3.22. The van der Waals surface area contributed by atoms with Gasteiger partial charge in [0.1, 0.15) is 17.5 Å². The zero-order chi connectivity index (χ0) is 20.9. The smallest absolute Gasteiger partial charge is 0.191 e. The van der Waals surface area contributed by atoms with E-state index in [4.69, 9.17) is 9.47 Å². The molecule has 5 nitrogen and oxygen atoms in total. The number of hydrogen-bond acceptors (Lipinski definition) is 4. The quantitative estimate of drug-likeness (QED) is 0.377. The van der Waals surface area contributed by atoms with Crippen LogP contribution in [0.1, 0.15) is 28.9 Å². The number of carbonyl (C=O) groups is 1. The molecule has 1 heterocycles. The number of rotatable bonds is 8. The molecule has 4 rings (SSSR count). The van der Waals surface area contributed by atoms with Crippen LogP contribution in [0.15, 0.2) is 79.0 Å². The Bertz CT molecular complexity index is 1150. The molecule has 0 amide bonds. The third-order valence-corrected chi connectivity index (χ3v) is 4.99. The molecular formula is C25H24N2O3. The van der Waals surface area contributed by atoms with Gasteiger partial charge in [-0.2, -0.15) is 0 Å². The summed E-state index contributed by atoms with van der Waals surface area (Å²) in [5, 5.41) is 4.31. The molecule has 1 aromatic heterocycles. The molecule has 0 saturated heterocycles. The first-order valence-electron chi connectivity index (χ1n) is 9.93. The van der Waals surface area contributed by atoms with Crippen LogP contribution in [0.25, 0.3) is 10.9 Å². The number of aromatic amines is 1. The number of methoxy groups -OCH3 is 1. The van der Waals surface area contributed by atoms with E-state index in [1.54, 1.807) is 13.3 Å². The molecule has 4 aromatic rings. The van der Waals surface area contributed by atoms with Gasteiger partial charge in [0, 0.05) is 46.5 Å². The number of carbonyl (C=O) groups excluding carboxylic acids is 1. The highest BCUT2D eigenvalue weighted by molar-refractivity contribution is 6.11. The molecule has 0 aliphatic rings. The minimum absolute atomic E-state index is 0.0144. The number of benzene rings is 3. The minimum atomic E-state index is -0.563. The van der Waals surface area contributed by atoms with Crippen molar-refractivity contribution in [1.29, 1.82) is 0 Å². The van der Waals surface area contributed by atoms with Gasteiger partial charge in [0.05, 0.1) is 13.7 Å². The van der Waals surface area contributed by atoms with E-state index >= 15 is 0 Å². The zero-order valence-electron chi connectivity index (χ0n) is 17.0. The summed E-state index contributed by atoms with van der Waals surface area (Å²) in [6.45, 7) is 2.48. The third-order valence-electron chi connectivity index (χ3n) is 4.99. The first kappa shape index (κ1) is 19.6. The number of anilines is 1. The van der Waals surface area contributed by atoms with Crippen LogP contribution < -0.4 is 14.8 Å². The van der Waals surface area contributed by atoms with Gasteiger partial charge in [-0.15, -0.1) is 0 Å². The van der Waals surface area contributed by atoms with Crippen molar-refractivity contribution >= 4 is 22.4 Å². The topological polar surface area (TPSA) is 63.3 Å². The summed E-state index contributed by atoms with van der Waals surface area (Å²) < 4.78 is 11.1. The summed E-state index contributed by atoms with van der Waals surface area (Å²) in [7, 11) is 1.61. The van der Waals surface area contributed by atoms with Crippen LogP contribution in [-0.2, 0) is 0 Å². The molecular weight excluding hydrogens is 376 g/mol. The fraction of sp³-hybridized carbons (Fsp3) is 0.160. The fourth-order valence-corrected chi connectivity index (χ4v) is 3.57. The average molecular weight is 400 g/mol. The SMILES string of the molecule is CCOc1cc(NC(C(=O)c2c[nH]c3ccccc23)c2ccccc2)cc(OC)c1. The van der Waals surface area contributed by atoms with Crippen molar-refractivity contribution in [1.82, 2.24) is 4.98 Å². The number of ether oxygens (including phenoxy) is 2. The Morgan fingerprint density at radius 1 is 1.00 bits per heavy atom. The maximum absolute atomic E-state index is 13.6. The van der Waals surface area contributed by atoms with Crippen LogP contribution in [0, 0.1) is 0 Å². The van der Waals surface area contributed by atoms with Gasteiger partial charge in [-0.25, -0.2) is 0 Å². The lowest BCUT2D eigenvalue weighted by atomic mass is 9.96. The van der Waals surface area contributed by atoms with E-state index < -0.39 is 6.04 Å². The van der Waals surface area contributed by atoms with Gasteiger partial charge in [0.2, 0.25) is 0 Å². The Morgan fingerprint density at radius 2 is 1.73 bits per heavy atom. The molecule has 3 aromatic carbocycles. The van der Waals surface area contributed by atoms with Crippen LogP contribution in [0.2, 0.25) is 0 Å². The Hall–Kier alpha value is -3.73. The summed E-state index contributed by atoms with van der Waals surface area (Å²) in [4.78, 5) is 16.8. The highest BCUT2D eigenvalue weighted by Crippen LogP contribution is 2.31. The van der Waals surface area contributed by atoms with Gasteiger partial charge >= 0.3 is 0 Å². The number of Topliss-reactive ketones (excluding diaryl/α,β-unsaturated/α-hetero) is 1. The van der Waals surface area contributed by atoms with Crippen LogP contribution in [-0.4, -0.2) is 24.5 Å². The molecule has 152 valence electrons. The van der Waals surface area contributed by atoms with E-state index in [-0.39, 0.29) is 5.78 Å². The van der Waals surface area contributed by atoms with E-state index in [0.29, 0.717) is 23.7 Å². The number of H-pyrrole nitrogens is 1.